The van der Waals surface area contributed by atoms with Gasteiger partial charge in [0.1, 0.15) is 11.4 Å². The van der Waals surface area contributed by atoms with E-state index < -0.39 is 16.3 Å². The number of carbonyl (C=O) groups is 1. The van der Waals surface area contributed by atoms with Gasteiger partial charge in [0.2, 0.25) is 5.54 Å². The van der Waals surface area contributed by atoms with Gasteiger partial charge in [0.15, 0.2) is 0 Å². The lowest BCUT2D eigenvalue weighted by Crippen LogP contribution is -2.41. The second kappa shape index (κ2) is 8.44. The number of benzene rings is 1. The lowest BCUT2D eigenvalue weighted by atomic mass is 9.92. The van der Waals surface area contributed by atoms with Crippen molar-refractivity contribution in [2.45, 2.75) is 37.5 Å². The molecule has 0 heterocycles. The van der Waals surface area contributed by atoms with Gasteiger partial charge < -0.3 is 14.7 Å². The largest absolute Gasteiger partial charge is 0.462 e. The normalized spacial score (nSPS) is 13.7. The molecule has 1 rings (SSSR count). The van der Waals surface area contributed by atoms with Gasteiger partial charge in [-0.1, -0.05) is 54.3 Å². The second-order valence-electron chi connectivity index (χ2n) is 5.95. The van der Waals surface area contributed by atoms with E-state index in [2.05, 4.69) is 4.85 Å². The van der Waals surface area contributed by atoms with Crippen LogP contribution in [0.4, 0.5) is 0 Å². The van der Waals surface area contributed by atoms with Crippen molar-refractivity contribution >= 4 is 34.1 Å². The number of thioether (sulfide) groups is 1. The Labute approximate surface area is 147 Å². The van der Waals surface area contributed by atoms with Gasteiger partial charge in [0.05, 0.1) is 17.2 Å². The van der Waals surface area contributed by atoms with Crippen LogP contribution in [0.2, 0.25) is 0 Å². The zero-order valence-corrected chi connectivity index (χ0v) is 15.2. The van der Waals surface area contributed by atoms with E-state index in [1.807, 2.05) is 30.3 Å². The molecule has 0 radical (unpaired) electrons. The first-order chi connectivity index (χ1) is 10.7. The van der Waals surface area contributed by atoms with E-state index in [0.717, 1.165) is 5.56 Å². The molecule has 0 aromatic heterocycles. The number of rotatable bonds is 7. The number of thiocarbonyl (C=S) groups is 1. The second-order valence-corrected chi connectivity index (χ2v) is 8.13. The van der Waals surface area contributed by atoms with Crippen LogP contribution in [0, 0.1) is 6.57 Å². The van der Waals surface area contributed by atoms with Crippen molar-refractivity contribution in [2.24, 2.45) is 0 Å². The highest BCUT2D eigenvalue weighted by molar-refractivity contribution is 8.25. The van der Waals surface area contributed by atoms with Crippen LogP contribution < -0.4 is 0 Å². The molecule has 6 heteroatoms. The summed E-state index contributed by atoms with van der Waals surface area (Å²) in [5, 5.41) is 8.86. The fourth-order valence-corrected chi connectivity index (χ4v) is 4.06. The summed E-state index contributed by atoms with van der Waals surface area (Å²) in [7, 11) is 0. The third-order valence-electron chi connectivity index (χ3n) is 3.16. The van der Waals surface area contributed by atoms with Gasteiger partial charge in [-0.2, -0.15) is 0 Å². The van der Waals surface area contributed by atoms with Gasteiger partial charge in [0, 0.05) is 13.8 Å². The first-order valence-electron chi connectivity index (χ1n) is 7.19. The fraction of sp³-hybridized carbons (Fsp3) is 0.471. The van der Waals surface area contributed by atoms with E-state index in [1.165, 1.54) is 11.8 Å². The van der Waals surface area contributed by atoms with Gasteiger partial charge in [-0.25, -0.2) is 6.57 Å². The van der Waals surface area contributed by atoms with Crippen molar-refractivity contribution in [3.63, 3.8) is 0 Å². The molecule has 1 aromatic carbocycles. The van der Waals surface area contributed by atoms with Crippen LogP contribution in [0.5, 0.6) is 0 Å². The van der Waals surface area contributed by atoms with Crippen molar-refractivity contribution in [1.29, 1.82) is 0 Å². The maximum atomic E-state index is 12.5. The smallest absolute Gasteiger partial charge is 0.322 e. The molecule has 1 aromatic rings. The van der Waals surface area contributed by atoms with E-state index in [-0.39, 0.29) is 13.2 Å². The molecule has 0 bridgehead atoms. The van der Waals surface area contributed by atoms with E-state index in [1.54, 1.807) is 20.8 Å². The van der Waals surface area contributed by atoms with Crippen LogP contribution in [-0.2, 0) is 9.53 Å². The Bertz CT molecular complexity index is 596. The maximum Gasteiger partial charge on any atom is 0.322 e. The SMILES string of the molecule is [C-]#[N+]C(C)(C)CC(C)(SC(=S)c1ccccc1)C(=O)OCCO. The summed E-state index contributed by atoms with van der Waals surface area (Å²) in [4.78, 5) is 16.1. The van der Waals surface area contributed by atoms with Gasteiger partial charge in [0.25, 0.3) is 0 Å². The van der Waals surface area contributed by atoms with Gasteiger partial charge in [-0.15, -0.1) is 0 Å². The molecule has 1 N–H and O–H groups in total. The summed E-state index contributed by atoms with van der Waals surface area (Å²) in [6, 6.07) is 9.43. The lowest BCUT2D eigenvalue weighted by molar-refractivity contribution is -0.147. The van der Waals surface area contributed by atoms with Crippen molar-refractivity contribution in [3.8, 4) is 0 Å². The molecule has 0 fully saturated rings. The molecular formula is C17H21NO3S2. The number of esters is 1. The maximum absolute atomic E-state index is 12.5. The Hall–Kier alpha value is -1.42. The van der Waals surface area contributed by atoms with Crippen LogP contribution in [0.15, 0.2) is 30.3 Å². The minimum absolute atomic E-state index is 0.0640. The zero-order valence-electron chi connectivity index (χ0n) is 13.5. The topological polar surface area (TPSA) is 50.9 Å². The summed E-state index contributed by atoms with van der Waals surface area (Å²) >= 11 is 6.69. The van der Waals surface area contributed by atoms with Crippen LogP contribution in [0.25, 0.3) is 4.85 Å². The summed E-state index contributed by atoms with van der Waals surface area (Å²) in [6.45, 7) is 12.3. The van der Waals surface area contributed by atoms with Crippen molar-refractivity contribution in [1.82, 2.24) is 0 Å². The standard InChI is InChI=1S/C17H21NO3S2/c1-16(2,18-4)12-17(3,15(20)21-11-10-19)23-14(22)13-8-6-5-7-9-13/h5-9,19H,10-12H2,1-3H3. The first-order valence-corrected chi connectivity index (χ1v) is 8.42. The molecule has 0 saturated heterocycles. The fourth-order valence-electron chi connectivity index (χ4n) is 2.14. The molecule has 0 spiro atoms. The quantitative estimate of drug-likeness (QED) is 0.463. The van der Waals surface area contributed by atoms with E-state index >= 15 is 0 Å². The number of aliphatic hydroxyl groups excluding tert-OH is 1. The van der Waals surface area contributed by atoms with E-state index in [9.17, 15) is 4.79 Å². The number of hydrogen-bond donors (Lipinski definition) is 1. The average molecular weight is 351 g/mol. The van der Waals surface area contributed by atoms with E-state index in [0.29, 0.717) is 10.6 Å². The van der Waals surface area contributed by atoms with E-state index in [4.69, 9.17) is 28.6 Å². The predicted molar refractivity (Wildman–Crippen MR) is 97.5 cm³/mol. The van der Waals surface area contributed by atoms with Crippen molar-refractivity contribution in [3.05, 3.63) is 47.3 Å². The third kappa shape index (κ3) is 5.94. The molecule has 124 valence electrons. The van der Waals surface area contributed by atoms with Crippen LogP contribution in [0.3, 0.4) is 0 Å². The molecule has 0 aliphatic heterocycles. The molecule has 0 aliphatic carbocycles. The Morgan fingerprint density at radius 1 is 1.35 bits per heavy atom. The zero-order chi connectivity index (χ0) is 17.5. The number of aliphatic hydroxyl groups is 1. The molecule has 4 nitrogen and oxygen atoms in total. The number of ether oxygens (including phenoxy) is 1. The minimum atomic E-state index is -0.990. The minimum Gasteiger partial charge on any atom is -0.462 e. The van der Waals surface area contributed by atoms with Crippen molar-refractivity contribution in [2.75, 3.05) is 13.2 Å². The van der Waals surface area contributed by atoms with Crippen LogP contribution in [-0.4, -0.2) is 38.8 Å². The molecule has 0 amide bonds. The number of hydrogen-bond acceptors (Lipinski definition) is 5. The highest BCUT2D eigenvalue weighted by atomic mass is 32.2. The highest BCUT2D eigenvalue weighted by Crippen LogP contribution is 2.38. The Morgan fingerprint density at radius 3 is 2.48 bits per heavy atom. The molecule has 1 atom stereocenters. The predicted octanol–water partition coefficient (Wildman–Crippen LogP) is 3.48. The summed E-state index contributed by atoms with van der Waals surface area (Å²) in [5.41, 5.74) is 0.140. The molecule has 1 unspecified atom stereocenters. The summed E-state index contributed by atoms with van der Waals surface area (Å²) in [6.07, 6.45) is 0.297. The van der Waals surface area contributed by atoms with Crippen LogP contribution in [0.1, 0.15) is 32.8 Å². The van der Waals surface area contributed by atoms with Crippen LogP contribution >= 0.6 is 24.0 Å². The van der Waals surface area contributed by atoms with Gasteiger partial charge in [-0.3, -0.25) is 4.79 Å². The Balaban J connectivity index is 3.01. The number of nitrogens with zero attached hydrogens (tertiary/aromatic N) is 1. The Morgan fingerprint density at radius 2 is 1.96 bits per heavy atom. The molecule has 0 aliphatic rings. The molecule has 0 saturated carbocycles. The summed E-state index contributed by atoms with van der Waals surface area (Å²) < 4.78 is 4.70. The Kier molecular flexibility index (Phi) is 7.20. The monoisotopic (exact) mass is 351 g/mol. The third-order valence-corrected chi connectivity index (χ3v) is 4.82. The molecular weight excluding hydrogens is 330 g/mol. The van der Waals surface area contributed by atoms with Gasteiger partial charge >= 0.3 is 5.97 Å². The lowest BCUT2D eigenvalue weighted by Gasteiger charge is -2.29. The number of carbonyl (C=O) groups excluding carboxylic acids is 1. The van der Waals surface area contributed by atoms with Gasteiger partial charge in [-0.05, 0) is 12.5 Å². The average Bonchev–Trinajstić information content (AvgIpc) is 2.52. The first kappa shape index (κ1) is 19.6. The molecule has 23 heavy (non-hydrogen) atoms. The highest BCUT2D eigenvalue weighted by Gasteiger charge is 2.45. The van der Waals surface area contributed by atoms with Crippen molar-refractivity contribution < 1.29 is 14.6 Å². The summed E-state index contributed by atoms with van der Waals surface area (Å²) in [5.74, 6) is -0.466.